The van der Waals surface area contributed by atoms with Gasteiger partial charge in [0.2, 0.25) is 6.33 Å². The van der Waals surface area contributed by atoms with Gasteiger partial charge >= 0.3 is 0 Å². The molecule has 8 aromatic rings. The van der Waals surface area contributed by atoms with E-state index in [0.717, 1.165) is 44.3 Å². The zero-order chi connectivity index (χ0) is 30.3. The van der Waals surface area contributed by atoms with Gasteiger partial charge in [-0.2, -0.15) is 18.2 Å². The van der Waals surface area contributed by atoms with Crippen molar-refractivity contribution in [2.45, 2.75) is 19.3 Å². The topological polar surface area (TPSA) is 35.9 Å². The number of benzene rings is 5. The molecule has 5 nitrogen and oxygen atoms in total. The largest absolute Gasteiger partial charge is 0.510 e. The molecule has 3 heterocycles. The second-order valence-corrected chi connectivity index (χ2v) is 12.2. The molecule has 0 radical (unpaired) electrons. The summed E-state index contributed by atoms with van der Waals surface area (Å²) in [5, 5.41) is 2.25. The molecule has 226 valence electrons. The molecule has 0 unspecified atom stereocenters. The summed E-state index contributed by atoms with van der Waals surface area (Å²) in [6, 6.07) is 44.7. The van der Waals surface area contributed by atoms with Crippen molar-refractivity contribution >= 4 is 32.8 Å². The first-order valence-electron chi connectivity index (χ1n) is 15.1. The Morgan fingerprint density at radius 3 is 2.37 bits per heavy atom. The van der Waals surface area contributed by atoms with Crippen LogP contribution in [-0.2, 0) is 33.5 Å². The van der Waals surface area contributed by atoms with E-state index in [4.69, 9.17) is 9.72 Å². The van der Waals surface area contributed by atoms with Crippen molar-refractivity contribution in [1.82, 2.24) is 14.1 Å². The summed E-state index contributed by atoms with van der Waals surface area (Å²) in [5.74, 6) is 2.12. The molecule has 0 spiro atoms. The number of fused-ring (bicyclic) bond motifs is 7. The Morgan fingerprint density at radius 2 is 1.48 bits per heavy atom. The molecule has 0 atom stereocenters. The van der Waals surface area contributed by atoms with E-state index in [2.05, 4.69) is 110 Å². The number of pyridine rings is 1. The first-order valence-corrected chi connectivity index (χ1v) is 15.1. The van der Waals surface area contributed by atoms with Crippen LogP contribution in [0.1, 0.15) is 25.0 Å². The molecule has 0 fully saturated rings. The van der Waals surface area contributed by atoms with Crippen molar-refractivity contribution in [2.75, 3.05) is 0 Å². The van der Waals surface area contributed by atoms with Crippen LogP contribution >= 0.6 is 0 Å². The molecular formula is C40H28N4OPt-2. The van der Waals surface area contributed by atoms with Crippen molar-refractivity contribution in [3.63, 3.8) is 0 Å². The zero-order valence-electron chi connectivity index (χ0n) is 25.5. The van der Waals surface area contributed by atoms with Crippen LogP contribution < -0.4 is 9.30 Å². The van der Waals surface area contributed by atoms with Crippen LogP contribution in [0.3, 0.4) is 0 Å². The molecule has 0 saturated carbocycles. The molecule has 5 aromatic carbocycles. The molecule has 0 amide bonds. The van der Waals surface area contributed by atoms with E-state index in [-0.39, 0.29) is 26.5 Å². The maximum Gasteiger partial charge on any atom is 0.242 e. The number of hydrogen-bond donors (Lipinski definition) is 0. The van der Waals surface area contributed by atoms with Crippen LogP contribution in [0.15, 0.2) is 115 Å². The van der Waals surface area contributed by atoms with Crippen LogP contribution in [0.2, 0.25) is 0 Å². The average Bonchev–Trinajstić information content (AvgIpc) is 3.66. The van der Waals surface area contributed by atoms with Crippen molar-refractivity contribution < 1.29 is 30.4 Å². The van der Waals surface area contributed by atoms with E-state index in [1.165, 1.54) is 22.3 Å². The third-order valence-corrected chi connectivity index (χ3v) is 9.19. The standard InChI is InChI=1S/C40H28N4O.Pt/c1-40(2)32-15-6-4-14-31(32)38-33(40)21-22-41-39(38)44-34-16-7-5-13-29(34)30-20-19-28(24-37(30)44)45-27-12-10-11-26(23-27)43-25-42(3)35-17-8-9-18-36(35)43;/h4-22H,1-3H3;/q-2;. The first kappa shape index (κ1) is 28.5. The number of imidazole rings is 1. The molecule has 9 rings (SSSR count). The Bertz CT molecular complexity index is 2470. The Labute approximate surface area is 281 Å². The summed E-state index contributed by atoms with van der Waals surface area (Å²) in [5.41, 5.74) is 9.88. The van der Waals surface area contributed by atoms with E-state index in [1.807, 2.05) is 58.8 Å². The van der Waals surface area contributed by atoms with Gasteiger partial charge in [-0.1, -0.05) is 91.8 Å². The number of rotatable bonds is 4. The monoisotopic (exact) mass is 775 g/mol. The fourth-order valence-corrected chi connectivity index (χ4v) is 7.07. The fraction of sp³-hybridized carbons (Fsp3) is 0.100. The third-order valence-electron chi connectivity index (χ3n) is 9.19. The number of aryl methyl sites for hydroxylation is 1. The summed E-state index contributed by atoms with van der Waals surface area (Å²) in [6.07, 6.45) is 5.32. The Kier molecular flexibility index (Phi) is 6.52. The van der Waals surface area contributed by atoms with Gasteiger partial charge in [-0.05, 0) is 34.2 Å². The molecule has 0 N–H and O–H groups in total. The number of hydrogen-bond acceptors (Lipinski definition) is 2. The predicted molar refractivity (Wildman–Crippen MR) is 177 cm³/mol. The number of nitrogens with zero attached hydrogens (tertiary/aromatic N) is 4. The van der Waals surface area contributed by atoms with E-state index in [1.54, 1.807) is 0 Å². The van der Waals surface area contributed by atoms with E-state index >= 15 is 0 Å². The van der Waals surface area contributed by atoms with Crippen molar-refractivity contribution in [1.29, 1.82) is 0 Å². The van der Waals surface area contributed by atoms with Crippen LogP contribution in [0.4, 0.5) is 0 Å². The van der Waals surface area contributed by atoms with Crippen molar-refractivity contribution in [2.24, 2.45) is 7.05 Å². The van der Waals surface area contributed by atoms with Gasteiger partial charge in [0.05, 0.1) is 18.1 Å². The minimum atomic E-state index is -0.124. The van der Waals surface area contributed by atoms with Gasteiger partial charge in [-0.3, -0.25) is 0 Å². The third kappa shape index (κ3) is 4.12. The fourth-order valence-electron chi connectivity index (χ4n) is 7.07. The smallest absolute Gasteiger partial charge is 0.242 e. The number of para-hydroxylation sites is 3. The van der Waals surface area contributed by atoms with Gasteiger partial charge in [0.25, 0.3) is 0 Å². The van der Waals surface area contributed by atoms with Gasteiger partial charge in [0.15, 0.2) is 0 Å². The molecule has 0 aliphatic heterocycles. The van der Waals surface area contributed by atoms with Gasteiger partial charge < -0.3 is 18.4 Å². The number of ether oxygens (including phenoxy) is 1. The van der Waals surface area contributed by atoms with E-state index < -0.39 is 0 Å². The SMILES string of the molecule is C[n+]1[c-]n(-c2[c-]c(Oc3[c-]c4c(cc3)c3ccccc3n4-c3nccc4c3-c3ccccc3C4(C)C)ccc2)c2ccccc21.[Pt]. The van der Waals surface area contributed by atoms with Crippen LogP contribution in [-0.4, -0.2) is 14.1 Å². The number of aromatic nitrogens is 4. The van der Waals surface area contributed by atoms with Gasteiger partial charge in [-0.15, -0.1) is 29.7 Å². The van der Waals surface area contributed by atoms with Crippen LogP contribution in [0, 0.1) is 18.5 Å². The quantitative estimate of drug-likeness (QED) is 0.133. The molecule has 46 heavy (non-hydrogen) atoms. The van der Waals surface area contributed by atoms with E-state index in [0.29, 0.717) is 11.5 Å². The Morgan fingerprint density at radius 1 is 0.717 bits per heavy atom. The normalized spacial score (nSPS) is 13.1. The zero-order valence-corrected chi connectivity index (χ0v) is 27.8. The summed E-state index contributed by atoms with van der Waals surface area (Å²) in [6.45, 7) is 4.59. The van der Waals surface area contributed by atoms with Gasteiger partial charge in [0, 0.05) is 55.3 Å². The minimum Gasteiger partial charge on any atom is -0.510 e. The molecular weight excluding hydrogens is 748 g/mol. The Hall–Kier alpha value is -4.99. The predicted octanol–water partition coefficient (Wildman–Crippen LogP) is 8.44. The maximum absolute atomic E-state index is 6.46. The molecule has 3 aromatic heterocycles. The molecule has 1 aliphatic carbocycles. The maximum atomic E-state index is 6.46. The summed E-state index contributed by atoms with van der Waals surface area (Å²) in [7, 11) is 2.00. The average molecular weight is 776 g/mol. The first-order chi connectivity index (χ1) is 22.0. The summed E-state index contributed by atoms with van der Waals surface area (Å²) >= 11 is 0. The van der Waals surface area contributed by atoms with Crippen molar-refractivity contribution in [3.8, 4) is 34.1 Å². The van der Waals surface area contributed by atoms with Gasteiger partial charge in [0.1, 0.15) is 5.82 Å². The molecule has 1 aliphatic rings. The minimum absolute atomic E-state index is 0. The molecule has 6 heteroatoms. The van der Waals surface area contributed by atoms with Gasteiger partial charge in [-0.25, -0.2) is 4.98 Å². The van der Waals surface area contributed by atoms with Crippen molar-refractivity contribution in [3.05, 3.63) is 145 Å². The Balaban J connectivity index is 0.00000312. The van der Waals surface area contributed by atoms with Crippen LogP contribution in [0.5, 0.6) is 11.5 Å². The molecule has 0 saturated heterocycles. The summed E-state index contributed by atoms with van der Waals surface area (Å²) in [4.78, 5) is 5.03. The second-order valence-electron chi connectivity index (χ2n) is 12.2. The molecule has 0 bridgehead atoms. The van der Waals surface area contributed by atoms with Crippen LogP contribution in [0.25, 0.3) is 55.5 Å². The summed E-state index contributed by atoms with van der Waals surface area (Å²) < 4.78 is 12.7. The second kappa shape index (κ2) is 10.5. The van der Waals surface area contributed by atoms with E-state index in [9.17, 15) is 0 Å².